The van der Waals surface area contributed by atoms with Crippen LogP contribution in [-0.4, -0.2) is 642 Å². The second-order valence-corrected chi connectivity index (χ2v) is 33.7. The van der Waals surface area contributed by atoms with Crippen molar-refractivity contribution in [3.8, 4) is 0 Å². The summed E-state index contributed by atoms with van der Waals surface area (Å²) in [5, 5.41) is 412. The smallest absolute Gasteiger partial charge is 0.187 e. The van der Waals surface area contributed by atoms with E-state index < -0.39 is 448 Å². The standard InChI is InChI=1S/C72H122O61/c73-1-13-25(82)29(86)42(99)65(115-13)127-57-18(6-78)120-70(50(107)37(57)94)131-54-15(3-75)116-62(46(103)34(54)91)112-11-23-27(84)31(88)44(101)67(124-23)129-59-20(8-80)122-72(52(109)39(59)96)133-56-17(5-77)118-64(48(105)36(56)93)113-12-24-28(85)32(89)45(102)68(125-24)130-60-21(9-81)121-71(51(108)40(60)97)132-55-16(4-76)117-63(47(104)35(55)92)111-10-22-26(83)30(87)43(100)66(123-22)128-58-19(7-79)119-69(49(106)38(58)95)126-53-14(2-74)114-61(110)41(98)33(53)90/h13-110H,1-12H2/t13-,14-,15-,16-,17-,18-,19-,20-,21-,22-,23-,24-,25-,26-,27-,28-,29+,30+,31+,32+,33-,34-,35-,36-,37-,38-,39-,40-,41-,42-,43-,44-,45-,46-,47-,48-,49-,50-,51-,52-,53-,54-,55-,56-,57-,58-,59-,60-,61?,62+,63+,64+,65-,66-,67-,68-,69-,70-,71-,72-/m1/s1. The topological polar surface area (TPSA) is 981 Å². The predicted molar refractivity (Wildman–Crippen MR) is 395 cm³/mol. The second-order valence-electron chi connectivity index (χ2n) is 33.7. The van der Waals surface area contributed by atoms with Crippen molar-refractivity contribution in [3.63, 3.8) is 0 Å². The highest BCUT2D eigenvalue weighted by atomic mass is 16.8. The van der Waals surface area contributed by atoms with Gasteiger partial charge in [-0.2, -0.15) is 0 Å². The molecule has 12 fully saturated rings. The molecule has 0 amide bonds. The Morgan fingerprint density at radius 3 is 0.451 bits per heavy atom. The Kier molecular flexibility index (Phi) is 39.0. The van der Waals surface area contributed by atoms with E-state index in [0.29, 0.717) is 0 Å². The average molecular weight is 1960 g/mol. The van der Waals surface area contributed by atoms with Gasteiger partial charge in [0.05, 0.1) is 79.3 Å². The lowest BCUT2D eigenvalue weighted by Crippen LogP contribution is -2.67. The van der Waals surface area contributed by atoms with Gasteiger partial charge in [0, 0.05) is 0 Å². The highest BCUT2D eigenvalue weighted by Gasteiger charge is 2.62. The lowest BCUT2D eigenvalue weighted by atomic mass is 9.95. The Morgan fingerprint density at radius 2 is 0.263 bits per heavy atom. The summed E-state index contributed by atoms with van der Waals surface area (Å²) in [6.45, 7) is -12.4. The average Bonchev–Trinajstić information content (AvgIpc) is 0.783. The van der Waals surface area contributed by atoms with Crippen molar-refractivity contribution in [3.05, 3.63) is 0 Å². The van der Waals surface area contributed by atoms with Crippen LogP contribution < -0.4 is 0 Å². The molecule has 61 heteroatoms. The first kappa shape index (κ1) is 109. The Morgan fingerprint density at radius 1 is 0.128 bits per heavy atom. The molecule has 61 nitrogen and oxygen atoms in total. The van der Waals surface area contributed by atoms with E-state index in [9.17, 15) is 194 Å². The first-order valence-electron chi connectivity index (χ1n) is 42.2. The van der Waals surface area contributed by atoms with Crippen molar-refractivity contribution in [2.45, 2.75) is 368 Å². The van der Waals surface area contributed by atoms with Gasteiger partial charge >= 0.3 is 0 Å². The molecule has 0 aromatic rings. The SMILES string of the molecule is OC[C@H]1O[C@H](O[C@H]2[C@H](O)[C@@H](O)[C@@H](O[C@H]3[C@H](O)[C@@H](O)[C@@H](OC[C@H]4O[C@H](O[C@H]5[C@H](O)[C@@H](O)[C@@H](O[C@H]6[C@H](O)[C@@H](O)[C@@H](OC[C@H]7O[C@H](O[C@H]8[C@H](O)[C@@H](O)[C@@H](O[C@H]9[C@H](O)[C@@H](O)[C@@H](OC[C@H]%10O[C@H](O[C@H]%11[C@H](O)[C@@H](O)[C@@H](O[C@H]%12[C@H](O)[C@@H](O)C(O)O[C@@H]%12CO)O[C@@H]%11CO)[C@H](O)[C@@H](O)[C@@H]%10O)O[C@@H]9CO)O[C@@H]8CO)[C@H](O)[C@@H](O)[C@@H]7O)O[C@@H]6CO)O[C@@H]5CO)[C@H](O)[C@@H](O)[C@@H]4O)O[C@@H]3CO)O[C@@H]2CO)[C@H](O)[C@@H](O)[C@@H]1O. The highest BCUT2D eigenvalue weighted by molar-refractivity contribution is 5.04. The van der Waals surface area contributed by atoms with Gasteiger partial charge in [-0.15, -0.1) is 0 Å². The first-order chi connectivity index (χ1) is 63.1. The van der Waals surface area contributed by atoms with E-state index in [1.807, 2.05) is 0 Å². The molecule has 0 bridgehead atoms. The molecule has 0 aliphatic carbocycles. The maximum atomic E-state index is 11.5. The normalized spacial score (nSPS) is 53.8. The minimum absolute atomic E-state index is 0.874. The molecular weight excluding hydrogens is 1840 g/mol. The Bertz CT molecular complexity index is 3440. The van der Waals surface area contributed by atoms with Crippen LogP contribution in [-0.2, 0) is 109 Å². The molecule has 0 saturated carbocycles. The first-order valence-corrected chi connectivity index (χ1v) is 42.2. The number of ether oxygens (including phenoxy) is 23. The van der Waals surface area contributed by atoms with Crippen molar-refractivity contribution in [1.29, 1.82) is 0 Å². The molecule has 12 rings (SSSR count). The Hall–Kier alpha value is -2.44. The van der Waals surface area contributed by atoms with Crippen molar-refractivity contribution < 1.29 is 303 Å². The second kappa shape index (κ2) is 47.4. The van der Waals surface area contributed by atoms with E-state index in [2.05, 4.69) is 0 Å². The summed E-state index contributed by atoms with van der Waals surface area (Å²) in [6.07, 6.45) is -122. The maximum absolute atomic E-state index is 11.5. The maximum Gasteiger partial charge on any atom is 0.187 e. The van der Waals surface area contributed by atoms with Crippen LogP contribution in [0, 0.1) is 0 Å². The van der Waals surface area contributed by atoms with Gasteiger partial charge in [-0.25, -0.2) is 0 Å². The van der Waals surface area contributed by atoms with Gasteiger partial charge in [0.15, 0.2) is 75.5 Å². The minimum atomic E-state index is -2.33. The molecule has 1 unspecified atom stereocenters. The third kappa shape index (κ3) is 23.0. The monoisotopic (exact) mass is 1960 g/mol. The largest absolute Gasteiger partial charge is 0.394 e. The van der Waals surface area contributed by atoms with Gasteiger partial charge in [-0.1, -0.05) is 0 Å². The molecule has 60 atom stereocenters. The van der Waals surface area contributed by atoms with Gasteiger partial charge in [-0.3, -0.25) is 0 Å². The molecule has 0 radical (unpaired) electrons. The fourth-order valence-corrected chi connectivity index (χ4v) is 17.1. The van der Waals surface area contributed by atoms with E-state index in [4.69, 9.17) is 109 Å². The fourth-order valence-electron chi connectivity index (χ4n) is 17.1. The van der Waals surface area contributed by atoms with Crippen LogP contribution >= 0.6 is 0 Å². The molecule has 38 N–H and O–H groups in total. The number of hydrogen-bond donors (Lipinski definition) is 38. The third-order valence-electron chi connectivity index (χ3n) is 25.0. The van der Waals surface area contributed by atoms with Crippen molar-refractivity contribution >= 4 is 0 Å². The number of aliphatic hydroxyl groups excluding tert-OH is 38. The summed E-state index contributed by atoms with van der Waals surface area (Å²) in [7, 11) is 0. The fraction of sp³-hybridized carbons (Fsp3) is 1.00. The molecular formula is C72H122O61. The zero-order valence-corrected chi connectivity index (χ0v) is 69.5. The molecule has 12 aliphatic heterocycles. The van der Waals surface area contributed by atoms with Crippen LogP contribution in [0.1, 0.15) is 0 Å². The summed E-state index contributed by atoms with van der Waals surface area (Å²) in [6, 6.07) is 0. The van der Waals surface area contributed by atoms with E-state index in [1.54, 1.807) is 0 Å². The van der Waals surface area contributed by atoms with Crippen LogP contribution in [0.3, 0.4) is 0 Å². The summed E-state index contributed by atoms with van der Waals surface area (Å²) < 4.78 is 129. The lowest BCUT2D eigenvalue weighted by Gasteiger charge is -2.49. The number of aliphatic hydroxyl groups is 38. The molecule has 133 heavy (non-hydrogen) atoms. The van der Waals surface area contributed by atoms with Gasteiger partial charge in [0.25, 0.3) is 0 Å². The Labute approximate surface area is 748 Å². The highest BCUT2D eigenvalue weighted by Crippen LogP contribution is 2.41. The Balaban J connectivity index is 0.596. The third-order valence-corrected chi connectivity index (χ3v) is 25.0. The summed E-state index contributed by atoms with van der Waals surface area (Å²) in [4.78, 5) is 0. The van der Waals surface area contributed by atoms with E-state index in [-0.39, 0.29) is 0 Å². The number of rotatable bonds is 34. The minimum Gasteiger partial charge on any atom is -0.394 e. The summed E-state index contributed by atoms with van der Waals surface area (Å²) in [5.41, 5.74) is 0. The van der Waals surface area contributed by atoms with Crippen molar-refractivity contribution in [1.82, 2.24) is 0 Å². The van der Waals surface area contributed by atoms with Gasteiger partial charge in [-0.05, 0) is 0 Å². The van der Waals surface area contributed by atoms with Crippen LogP contribution in [0.25, 0.3) is 0 Å². The number of hydrogen-bond acceptors (Lipinski definition) is 61. The summed E-state index contributed by atoms with van der Waals surface area (Å²) in [5.74, 6) is 0. The van der Waals surface area contributed by atoms with Crippen LogP contribution in [0.2, 0.25) is 0 Å². The molecule has 0 aromatic heterocycles. The van der Waals surface area contributed by atoms with Gasteiger partial charge in [0.1, 0.15) is 293 Å². The molecule has 12 heterocycles. The molecule has 0 aromatic carbocycles. The summed E-state index contributed by atoms with van der Waals surface area (Å²) >= 11 is 0. The quantitative estimate of drug-likeness (QED) is 0.0284. The molecule has 776 valence electrons. The zero-order chi connectivity index (χ0) is 97.4. The predicted octanol–water partition coefficient (Wildman–Crippen LogP) is -27.2. The van der Waals surface area contributed by atoms with E-state index >= 15 is 0 Å². The van der Waals surface area contributed by atoms with Crippen LogP contribution in [0.4, 0.5) is 0 Å². The van der Waals surface area contributed by atoms with E-state index in [1.165, 1.54) is 0 Å². The van der Waals surface area contributed by atoms with Crippen LogP contribution in [0.15, 0.2) is 0 Å². The molecule has 0 spiro atoms. The van der Waals surface area contributed by atoms with Crippen LogP contribution in [0.5, 0.6) is 0 Å². The molecule has 12 aliphatic rings. The van der Waals surface area contributed by atoms with Crippen molar-refractivity contribution in [2.75, 3.05) is 79.3 Å². The zero-order valence-electron chi connectivity index (χ0n) is 69.5. The van der Waals surface area contributed by atoms with Gasteiger partial charge in [0.2, 0.25) is 0 Å². The lowest BCUT2D eigenvalue weighted by molar-refractivity contribution is -0.389. The van der Waals surface area contributed by atoms with E-state index in [0.717, 1.165) is 0 Å². The van der Waals surface area contributed by atoms with Crippen molar-refractivity contribution in [2.24, 2.45) is 0 Å². The molecule has 12 saturated heterocycles. The van der Waals surface area contributed by atoms with Gasteiger partial charge < -0.3 is 303 Å².